The van der Waals surface area contributed by atoms with Crippen LogP contribution in [0, 0.1) is 0 Å². The molecule has 0 spiro atoms. The van der Waals surface area contributed by atoms with Gasteiger partial charge in [-0.2, -0.15) is 0 Å². The zero-order valence-corrected chi connectivity index (χ0v) is 13.6. The third-order valence-corrected chi connectivity index (χ3v) is 3.42. The molecule has 6 nitrogen and oxygen atoms in total. The van der Waals surface area contributed by atoms with Crippen molar-refractivity contribution in [1.82, 2.24) is 5.32 Å². The van der Waals surface area contributed by atoms with Gasteiger partial charge in [-0.15, -0.1) is 0 Å². The lowest BCUT2D eigenvalue weighted by molar-refractivity contribution is -0.116. The van der Waals surface area contributed by atoms with Crippen LogP contribution < -0.4 is 15.1 Å². The van der Waals surface area contributed by atoms with Gasteiger partial charge in [-0.25, -0.2) is 0 Å². The molecule has 0 aliphatic rings. The smallest absolute Gasteiger partial charge is 0.287 e. The Morgan fingerprint density at radius 2 is 1.74 bits per heavy atom. The van der Waals surface area contributed by atoms with Gasteiger partial charge in [-0.05, 0) is 36.4 Å². The first-order valence-corrected chi connectivity index (χ1v) is 7.36. The van der Waals surface area contributed by atoms with Crippen LogP contribution in [-0.2, 0) is 4.79 Å². The molecule has 0 unspecified atom stereocenters. The molecule has 1 aromatic heterocycles. The summed E-state index contributed by atoms with van der Waals surface area (Å²) in [6, 6.07) is 10.9. The van der Waals surface area contributed by atoms with E-state index in [4.69, 9.17) is 4.42 Å². The van der Waals surface area contributed by atoms with Crippen molar-refractivity contribution in [3.8, 4) is 0 Å². The number of anilines is 2. The molecule has 0 radical (unpaired) electrons. The van der Waals surface area contributed by atoms with Gasteiger partial charge in [0.25, 0.3) is 5.91 Å². The van der Waals surface area contributed by atoms with Crippen LogP contribution in [-0.4, -0.2) is 39.0 Å². The highest BCUT2D eigenvalue weighted by Gasteiger charge is 2.13. The van der Waals surface area contributed by atoms with Gasteiger partial charge in [-0.3, -0.25) is 9.59 Å². The number of carbonyl (C=O) groups excluding carboxylic acids is 2. The van der Waals surface area contributed by atoms with Gasteiger partial charge < -0.3 is 19.5 Å². The normalized spacial score (nSPS) is 10.2. The number of nitrogens with one attached hydrogen (secondary N) is 1. The van der Waals surface area contributed by atoms with Crippen LogP contribution in [0.25, 0.3) is 0 Å². The van der Waals surface area contributed by atoms with Gasteiger partial charge in [0.1, 0.15) is 0 Å². The average Bonchev–Trinajstić information content (AvgIpc) is 3.05. The second-order valence-electron chi connectivity index (χ2n) is 5.31. The molecule has 0 bridgehead atoms. The standard InChI is InChI=1S/C17H21N3O3/c1-13(21)20(15-8-6-14(7-9-15)19(2)3)11-10-18-17(22)16-5-4-12-23-16/h4-9,12H,10-11H2,1-3H3,(H,18,22). The lowest BCUT2D eigenvalue weighted by atomic mass is 10.2. The fourth-order valence-corrected chi connectivity index (χ4v) is 2.18. The molecule has 2 rings (SSSR count). The van der Waals surface area contributed by atoms with Gasteiger partial charge in [0.2, 0.25) is 5.91 Å². The first-order valence-electron chi connectivity index (χ1n) is 7.36. The Hall–Kier alpha value is -2.76. The number of hydrogen-bond acceptors (Lipinski definition) is 4. The van der Waals surface area contributed by atoms with Gasteiger partial charge >= 0.3 is 0 Å². The van der Waals surface area contributed by atoms with Gasteiger partial charge in [0, 0.05) is 45.5 Å². The maximum atomic E-state index is 11.9. The van der Waals surface area contributed by atoms with E-state index < -0.39 is 0 Å². The quantitative estimate of drug-likeness (QED) is 0.887. The van der Waals surface area contributed by atoms with Crippen LogP contribution in [0.15, 0.2) is 47.1 Å². The predicted octanol–water partition coefficient (Wildman–Crippen LogP) is 2.13. The van der Waals surface area contributed by atoms with Crippen molar-refractivity contribution >= 4 is 23.2 Å². The van der Waals surface area contributed by atoms with Crippen molar-refractivity contribution in [2.75, 3.05) is 37.0 Å². The maximum Gasteiger partial charge on any atom is 0.287 e. The molecule has 0 atom stereocenters. The summed E-state index contributed by atoms with van der Waals surface area (Å²) in [5, 5.41) is 2.73. The van der Waals surface area contributed by atoms with Gasteiger partial charge in [-0.1, -0.05) is 0 Å². The molecule has 1 aromatic carbocycles. The minimum Gasteiger partial charge on any atom is -0.459 e. The van der Waals surface area contributed by atoms with Crippen LogP contribution in [0.1, 0.15) is 17.5 Å². The van der Waals surface area contributed by atoms with Crippen molar-refractivity contribution in [3.63, 3.8) is 0 Å². The summed E-state index contributed by atoms with van der Waals surface area (Å²) >= 11 is 0. The minimum atomic E-state index is -0.290. The van der Waals surface area contributed by atoms with E-state index in [9.17, 15) is 9.59 Å². The van der Waals surface area contributed by atoms with Crippen LogP contribution >= 0.6 is 0 Å². The molecule has 6 heteroatoms. The highest BCUT2D eigenvalue weighted by Crippen LogP contribution is 2.19. The highest BCUT2D eigenvalue weighted by molar-refractivity contribution is 5.93. The molecule has 0 fully saturated rings. The number of carbonyl (C=O) groups is 2. The Morgan fingerprint density at radius 1 is 1.09 bits per heavy atom. The molecular weight excluding hydrogens is 294 g/mol. The van der Waals surface area contributed by atoms with Crippen molar-refractivity contribution < 1.29 is 14.0 Å². The fourth-order valence-electron chi connectivity index (χ4n) is 2.18. The molecule has 0 aliphatic heterocycles. The first-order chi connectivity index (χ1) is 11.0. The topological polar surface area (TPSA) is 65.8 Å². The van der Waals surface area contributed by atoms with Crippen LogP contribution in [0.2, 0.25) is 0 Å². The van der Waals surface area contributed by atoms with Crippen LogP contribution in [0.3, 0.4) is 0 Å². The second-order valence-corrected chi connectivity index (χ2v) is 5.31. The van der Waals surface area contributed by atoms with E-state index in [2.05, 4.69) is 5.32 Å². The van der Waals surface area contributed by atoms with Crippen molar-refractivity contribution in [2.24, 2.45) is 0 Å². The molecule has 1 N–H and O–H groups in total. The lowest BCUT2D eigenvalue weighted by Crippen LogP contribution is -2.37. The van der Waals surface area contributed by atoms with E-state index in [1.165, 1.54) is 13.2 Å². The Labute approximate surface area is 135 Å². The first kappa shape index (κ1) is 16.6. The van der Waals surface area contributed by atoms with E-state index in [1.807, 2.05) is 43.3 Å². The number of hydrogen-bond donors (Lipinski definition) is 1. The maximum absolute atomic E-state index is 11.9. The molecule has 0 saturated carbocycles. The third-order valence-electron chi connectivity index (χ3n) is 3.42. The van der Waals surface area contributed by atoms with E-state index in [-0.39, 0.29) is 17.6 Å². The Kier molecular flexibility index (Phi) is 5.41. The molecule has 0 saturated heterocycles. The average molecular weight is 315 g/mol. The monoisotopic (exact) mass is 315 g/mol. The lowest BCUT2D eigenvalue weighted by Gasteiger charge is -2.22. The largest absolute Gasteiger partial charge is 0.459 e. The van der Waals surface area contributed by atoms with Gasteiger partial charge in [0.05, 0.1) is 6.26 Å². The summed E-state index contributed by atoms with van der Waals surface area (Å²) in [4.78, 5) is 27.3. The zero-order chi connectivity index (χ0) is 16.8. The number of rotatable bonds is 6. The molecule has 2 amide bonds. The Balaban J connectivity index is 1.96. The number of amides is 2. The summed E-state index contributed by atoms with van der Waals surface area (Å²) in [5.41, 5.74) is 1.86. The predicted molar refractivity (Wildman–Crippen MR) is 89.8 cm³/mol. The fraction of sp³-hybridized carbons (Fsp3) is 0.294. The highest BCUT2D eigenvalue weighted by atomic mass is 16.3. The summed E-state index contributed by atoms with van der Waals surface area (Å²) < 4.78 is 5.02. The number of benzene rings is 1. The minimum absolute atomic E-state index is 0.0742. The van der Waals surface area contributed by atoms with E-state index in [1.54, 1.807) is 17.0 Å². The molecule has 23 heavy (non-hydrogen) atoms. The number of furan rings is 1. The summed E-state index contributed by atoms with van der Waals surface area (Å²) in [7, 11) is 3.92. The SMILES string of the molecule is CC(=O)N(CCNC(=O)c1ccco1)c1ccc(N(C)C)cc1. The van der Waals surface area contributed by atoms with Crippen molar-refractivity contribution in [2.45, 2.75) is 6.92 Å². The van der Waals surface area contributed by atoms with Gasteiger partial charge in [0.15, 0.2) is 5.76 Å². The van der Waals surface area contributed by atoms with Crippen LogP contribution in [0.4, 0.5) is 11.4 Å². The Bertz CT molecular complexity index is 648. The zero-order valence-electron chi connectivity index (χ0n) is 13.6. The van der Waals surface area contributed by atoms with Crippen LogP contribution in [0.5, 0.6) is 0 Å². The van der Waals surface area contributed by atoms with Crippen molar-refractivity contribution in [1.29, 1.82) is 0 Å². The summed E-state index contributed by atoms with van der Waals surface area (Å²) in [5.74, 6) is -0.106. The molecule has 122 valence electrons. The van der Waals surface area contributed by atoms with E-state index >= 15 is 0 Å². The second kappa shape index (κ2) is 7.49. The summed E-state index contributed by atoms with van der Waals surface area (Å²) in [6.45, 7) is 2.24. The van der Waals surface area contributed by atoms with Crippen molar-refractivity contribution in [3.05, 3.63) is 48.4 Å². The molecule has 1 heterocycles. The Morgan fingerprint density at radius 3 is 2.26 bits per heavy atom. The van der Waals surface area contributed by atoms with E-state index in [0.29, 0.717) is 13.1 Å². The molecule has 0 aliphatic carbocycles. The summed E-state index contributed by atoms with van der Waals surface area (Å²) in [6.07, 6.45) is 1.45. The molecular formula is C17H21N3O3. The third kappa shape index (κ3) is 4.35. The number of nitrogens with zero attached hydrogens (tertiary/aromatic N) is 2. The van der Waals surface area contributed by atoms with E-state index in [0.717, 1.165) is 11.4 Å². The molecule has 2 aromatic rings.